The zero-order valence-electron chi connectivity index (χ0n) is 12.4. The van der Waals surface area contributed by atoms with E-state index in [-0.39, 0.29) is 5.84 Å². The Morgan fingerprint density at radius 1 is 0.913 bits per heavy atom. The number of benzene rings is 3. The van der Waals surface area contributed by atoms with Gasteiger partial charge >= 0.3 is 0 Å². The van der Waals surface area contributed by atoms with Crippen molar-refractivity contribution in [3.63, 3.8) is 0 Å². The Labute approximate surface area is 133 Å². The van der Waals surface area contributed by atoms with E-state index in [0.29, 0.717) is 0 Å². The van der Waals surface area contributed by atoms with Crippen LogP contribution in [0.5, 0.6) is 0 Å². The maximum atomic E-state index is 7.87. The lowest BCUT2D eigenvalue weighted by atomic mass is 9.99. The zero-order valence-corrected chi connectivity index (χ0v) is 12.4. The monoisotopic (exact) mass is 298 g/mol. The Kier molecular flexibility index (Phi) is 3.05. The topological polar surface area (TPSA) is 49.4 Å². The summed E-state index contributed by atoms with van der Waals surface area (Å²) in [6, 6.07) is 22.0. The smallest absolute Gasteiger partial charge is 0.151 e. The zero-order chi connectivity index (χ0) is 15.8. The minimum atomic E-state index is 0.165. The minimum absolute atomic E-state index is 0.165. The summed E-state index contributed by atoms with van der Waals surface area (Å²) in [5.74, 6) is 0.165. The Hall–Kier alpha value is -3.20. The molecule has 3 aromatic carbocycles. The number of amidine groups is 1. The summed E-state index contributed by atoms with van der Waals surface area (Å²) in [5, 5.41) is 9.93. The summed E-state index contributed by atoms with van der Waals surface area (Å²) in [7, 11) is 0. The fourth-order valence-electron chi connectivity index (χ4n) is 2.92. The number of hydrogen-bond donors (Lipinski definition) is 1. The Bertz CT molecular complexity index is 1050. The van der Waals surface area contributed by atoms with Gasteiger partial charge in [-0.25, -0.2) is 4.99 Å². The predicted octanol–water partition coefficient (Wildman–Crippen LogP) is 5.28. The quantitative estimate of drug-likeness (QED) is 0.397. The van der Waals surface area contributed by atoms with Crippen molar-refractivity contribution >= 4 is 34.5 Å². The third kappa shape index (κ3) is 2.14. The van der Waals surface area contributed by atoms with Crippen molar-refractivity contribution in [2.45, 2.75) is 0 Å². The number of aliphatic imine (C=N–C) groups is 1. The second-order valence-electron chi connectivity index (χ2n) is 5.36. The average Bonchev–Trinajstić information content (AvgIpc) is 2.99. The molecule has 4 rings (SSSR count). The molecule has 1 heterocycles. The largest absolute Gasteiger partial charge is 0.456 e. The fourth-order valence-corrected chi connectivity index (χ4v) is 2.92. The van der Waals surface area contributed by atoms with Crippen molar-refractivity contribution < 1.29 is 4.42 Å². The van der Waals surface area contributed by atoms with E-state index < -0.39 is 0 Å². The molecule has 0 saturated carbocycles. The summed E-state index contributed by atoms with van der Waals surface area (Å²) in [6.45, 7) is 3.43. The van der Waals surface area contributed by atoms with Crippen LogP contribution >= 0.6 is 0 Å². The van der Waals surface area contributed by atoms with E-state index >= 15 is 0 Å². The van der Waals surface area contributed by atoms with Crippen LogP contribution in [0.25, 0.3) is 33.1 Å². The van der Waals surface area contributed by atoms with E-state index in [4.69, 9.17) is 9.83 Å². The Morgan fingerprint density at radius 2 is 1.74 bits per heavy atom. The molecule has 110 valence electrons. The molecular weight excluding hydrogens is 284 g/mol. The van der Waals surface area contributed by atoms with Gasteiger partial charge in [-0.1, -0.05) is 42.5 Å². The van der Waals surface area contributed by atoms with Gasteiger partial charge in [-0.15, -0.1) is 0 Å². The van der Waals surface area contributed by atoms with E-state index in [0.717, 1.165) is 38.6 Å². The van der Waals surface area contributed by atoms with Gasteiger partial charge in [-0.2, -0.15) is 0 Å². The van der Waals surface area contributed by atoms with Gasteiger partial charge in [0.25, 0.3) is 0 Å². The molecule has 0 aliphatic rings. The highest BCUT2D eigenvalue weighted by atomic mass is 16.3. The molecule has 3 nitrogen and oxygen atoms in total. The van der Waals surface area contributed by atoms with Crippen LogP contribution in [-0.2, 0) is 0 Å². The first-order valence-electron chi connectivity index (χ1n) is 7.34. The SMILES string of the molecule is C=NC(=N)c1ccc2oc3cccc(-c4ccccc4)c3c2c1. The highest BCUT2D eigenvalue weighted by Gasteiger charge is 2.13. The van der Waals surface area contributed by atoms with Crippen LogP contribution in [0.3, 0.4) is 0 Å². The maximum Gasteiger partial charge on any atom is 0.151 e. The van der Waals surface area contributed by atoms with E-state index in [9.17, 15) is 0 Å². The fraction of sp³-hybridized carbons (Fsp3) is 0. The average molecular weight is 298 g/mol. The molecule has 0 radical (unpaired) electrons. The van der Waals surface area contributed by atoms with Crippen LogP contribution in [0.4, 0.5) is 0 Å². The molecule has 0 saturated heterocycles. The van der Waals surface area contributed by atoms with Gasteiger partial charge in [-0.3, -0.25) is 5.41 Å². The maximum absolute atomic E-state index is 7.87. The van der Waals surface area contributed by atoms with Gasteiger partial charge in [0.2, 0.25) is 0 Å². The summed E-state index contributed by atoms with van der Waals surface area (Å²) >= 11 is 0. The van der Waals surface area contributed by atoms with Crippen molar-refractivity contribution in [3.8, 4) is 11.1 Å². The Morgan fingerprint density at radius 3 is 2.52 bits per heavy atom. The molecular formula is C20H14N2O. The third-order valence-electron chi connectivity index (χ3n) is 4.01. The molecule has 1 aromatic heterocycles. The van der Waals surface area contributed by atoms with Gasteiger partial charge in [0.05, 0.1) is 0 Å². The standard InChI is InChI=1S/C20H14N2O/c1-22-20(21)14-10-11-17-16(12-14)19-15(8-5-9-18(19)23-17)13-6-3-2-4-7-13/h2-12,21H,1H2. The highest BCUT2D eigenvalue weighted by Crippen LogP contribution is 2.36. The summed E-state index contributed by atoms with van der Waals surface area (Å²) in [5.41, 5.74) is 4.65. The molecule has 1 N–H and O–H groups in total. The minimum Gasteiger partial charge on any atom is -0.456 e. The van der Waals surface area contributed by atoms with Crippen LogP contribution in [0.2, 0.25) is 0 Å². The highest BCUT2D eigenvalue weighted by molar-refractivity contribution is 6.14. The van der Waals surface area contributed by atoms with E-state index in [1.165, 1.54) is 0 Å². The predicted molar refractivity (Wildman–Crippen MR) is 95.5 cm³/mol. The summed E-state index contributed by atoms with van der Waals surface area (Å²) < 4.78 is 5.97. The van der Waals surface area contributed by atoms with Crippen molar-refractivity contribution in [2.75, 3.05) is 0 Å². The van der Waals surface area contributed by atoms with Gasteiger partial charge in [0, 0.05) is 16.3 Å². The normalized spacial score (nSPS) is 11.0. The summed E-state index contributed by atoms with van der Waals surface area (Å²) in [4.78, 5) is 3.71. The molecule has 0 amide bonds. The number of rotatable bonds is 2. The number of fused-ring (bicyclic) bond motifs is 3. The van der Waals surface area contributed by atoms with Crippen LogP contribution in [0.1, 0.15) is 5.56 Å². The lowest BCUT2D eigenvalue weighted by Gasteiger charge is -2.04. The van der Waals surface area contributed by atoms with Crippen LogP contribution in [-0.4, -0.2) is 12.6 Å². The molecule has 0 spiro atoms. The number of nitrogens with one attached hydrogen (secondary N) is 1. The third-order valence-corrected chi connectivity index (χ3v) is 4.01. The van der Waals surface area contributed by atoms with Crippen molar-refractivity contribution in [1.82, 2.24) is 0 Å². The number of nitrogens with zero attached hydrogens (tertiary/aromatic N) is 1. The van der Waals surface area contributed by atoms with E-state index in [1.54, 1.807) is 0 Å². The first-order chi connectivity index (χ1) is 11.3. The first kappa shape index (κ1) is 13.5. The van der Waals surface area contributed by atoms with Crippen molar-refractivity contribution in [3.05, 3.63) is 72.3 Å². The molecule has 4 aromatic rings. The van der Waals surface area contributed by atoms with E-state index in [1.807, 2.05) is 48.5 Å². The molecule has 23 heavy (non-hydrogen) atoms. The second-order valence-corrected chi connectivity index (χ2v) is 5.36. The van der Waals surface area contributed by atoms with Gasteiger partial charge in [-0.05, 0) is 42.1 Å². The van der Waals surface area contributed by atoms with Crippen LogP contribution < -0.4 is 0 Å². The molecule has 0 unspecified atom stereocenters. The Balaban J connectivity index is 2.08. The summed E-state index contributed by atoms with van der Waals surface area (Å²) in [6.07, 6.45) is 0. The molecule has 0 fully saturated rings. The van der Waals surface area contributed by atoms with Crippen LogP contribution in [0, 0.1) is 5.41 Å². The lowest BCUT2D eigenvalue weighted by Crippen LogP contribution is -1.92. The molecule has 0 aliphatic carbocycles. The van der Waals surface area contributed by atoms with Gasteiger partial charge in [0.15, 0.2) is 5.84 Å². The molecule has 0 aliphatic heterocycles. The molecule has 0 bridgehead atoms. The number of furan rings is 1. The first-order valence-corrected chi connectivity index (χ1v) is 7.34. The van der Waals surface area contributed by atoms with E-state index in [2.05, 4.69) is 29.9 Å². The van der Waals surface area contributed by atoms with Crippen molar-refractivity contribution in [1.29, 1.82) is 5.41 Å². The molecule has 3 heteroatoms. The number of hydrogen-bond acceptors (Lipinski definition) is 2. The second kappa shape index (κ2) is 5.21. The lowest BCUT2D eigenvalue weighted by molar-refractivity contribution is 0.669. The van der Waals surface area contributed by atoms with Crippen LogP contribution in [0.15, 0.2) is 76.1 Å². The van der Waals surface area contributed by atoms with Crippen molar-refractivity contribution in [2.24, 2.45) is 4.99 Å². The van der Waals surface area contributed by atoms with Gasteiger partial charge < -0.3 is 4.42 Å². The molecule has 0 atom stereocenters. The van der Waals surface area contributed by atoms with Gasteiger partial charge in [0.1, 0.15) is 11.2 Å².